The number of H-pyrrole nitrogens is 1. The van der Waals surface area contributed by atoms with Gasteiger partial charge in [-0.3, -0.25) is 9.78 Å². The van der Waals surface area contributed by atoms with Gasteiger partial charge in [0.15, 0.2) is 6.29 Å². The molecule has 4 heteroatoms. The van der Waals surface area contributed by atoms with Gasteiger partial charge in [-0.05, 0) is 18.2 Å². The zero-order valence-electron chi connectivity index (χ0n) is 8.31. The van der Waals surface area contributed by atoms with Crippen LogP contribution >= 0.6 is 11.3 Å². The van der Waals surface area contributed by atoms with Crippen LogP contribution in [0.5, 0.6) is 0 Å². The van der Waals surface area contributed by atoms with Crippen LogP contribution in [0.2, 0.25) is 0 Å². The van der Waals surface area contributed by atoms with Crippen LogP contribution in [0.1, 0.15) is 9.67 Å². The predicted molar refractivity (Wildman–Crippen MR) is 64.8 cm³/mol. The van der Waals surface area contributed by atoms with Crippen LogP contribution in [0.3, 0.4) is 0 Å². The maximum Gasteiger partial charge on any atom is 0.160 e. The molecule has 0 unspecified atom stereocenters. The Labute approximate surface area is 95.8 Å². The summed E-state index contributed by atoms with van der Waals surface area (Å²) in [4.78, 5) is 19.2. The summed E-state index contributed by atoms with van der Waals surface area (Å²) in [5.74, 6) is 0. The Balaban J connectivity index is 2.36. The van der Waals surface area contributed by atoms with E-state index in [0.29, 0.717) is 0 Å². The number of hydrogen-bond acceptors (Lipinski definition) is 3. The lowest BCUT2D eigenvalue weighted by Gasteiger charge is -1.98. The van der Waals surface area contributed by atoms with Gasteiger partial charge in [-0.2, -0.15) is 0 Å². The van der Waals surface area contributed by atoms with Crippen LogP contribution in [0.15, 0.2) is 36.7 Å². The molecular formula is C12H8N2OS. The quantitative estimate of drug-likeness (QED) is 0.685. The number of aromatic amines is 1. The first kappa shape index (κ1) is 9.30. The van der Waals surface area contributed by atoms with Crippen molar-refractivity contribution in [3.8, 4) is 11.3 Å². The lowest BCUT2D eigenvalue weighted by atomic mass is 10.1. The van der Waals surface area contributed by atoms with Gasteiger partial charge in [0, 0.05) is 18.0 Å². The van der Waals surface area contributed by atoms with E-state index in [0.717, 1.165) is 32.6 Å². The first-order valence-corrected chi connectivity index (χ1v) is 5.68. The van der Waals surface area contributed by atoms with E-state index < -0.39 is 0 Å². The Hall–Kier alpha value is -1.94. The second kappa shape index (κ2) is 3.57. The molecule has 78 valence electrons. The molecule has 0 bridgehead atoms. The van der Waals surface area contributed by atoms with Crippen molar-refractivity contribution in [1.29, 1.82) is 0 Å². The van der Waals surface area contributed by atoms with Gasteiger partial charge in [0.25, 0.3) is 0 Å². The van der Waals surface area contributed by atoms with Crippen LogP contribution < -0.4 is 0 Å². The molecule has 3 rings (SSSR count). The molecule has 3 nitrogen and oxygen atoms in total. The molecule has 0 aromatic carbocycles. The molecule has 3 aromatic heterocycles. The summed E-state index contributed by atoms with van der Waals surface area (Å²) in [5, 5.41) is 0. The van der Waals surface area contributed by atoms with E-state index in [1.807, 2.05) is 30.5 Å². The van der Waals surface area contributed by atoms with Gasteiger partial charge >= 0.3 is 0 Å². The van der Waals surface area contributed by atoms with Crippen LogP contribution in [-0.4, -0.2) is 16.3 Å². The number of carbonyl (C=O) groups excluding carboxylic acids is 1. The van der Waals surface area contributed by atoms with Gasteiger partial charge in [0.2, 0.25) is 0 Å². The summed E-state index contributed by atoms with van der Waals surface area (Å²) in [7, 11) is 0. The first-order valence-electron chi connectivity index (χ1n) is 4.86. The number of aromatic nitrogens is 2. The van der Waals surface area contributed by atoms with Crippen molar-refractivity contribution in [1.82, 2.24) is 9.97 Å². The van der Waals surface area contributed by atoms with E-state index in [2.05, 4.69) is 9.97 Å². The molecule has 0 fully saturated rings. The highest BCUT2D eigenvalue weighted by Crippen LogP contribution is 2.35. The molecule has 3 heterocycles. The van der Waals surface area contributed by atoms with Crippen LogP contribution in [0.25, 0.3) is 21.5 Å². The molecule has 0 aliphatic rings. The number of fused-ring (bicyclic) bond motifs is 1. The largest absolute Gasteiger partial charge is 0.360 e. The molecule has 16 heavy (non-hydrogen) atoms. The summed E-state index contributed by atoms with van der Waals surface area (Å²) in [6, 6.07) is 7.67. The lowest BCUT2D eigenvalue weighted by molar-refractivity contribution is 0.112. The van der Waals surface area contributed by atoms with Gasteiger partial charge < -0.3 is 4.98 Å². The Morgan fingerprint density at radius 1 is 1.31 bits per heavy atom. The molecule has 0 atom stereocenters. The van der Waals surface area contributed by atoms with Crippen molar-refractivity contribution in [2.24, 2.45) is 0 Å². The highest BCUT2D eigenvalue weighted by Gasteiger charge is 2.14. The molecule has 0 aliphatic heterocycles. The number of carbonyl (C=O) groups is 1. The number of thiophene rings is 1. The summed E-state index contributed by atoms with van der Waals surface area (Å²) in [6.45, 7) is 0. The van der Waals surface area contributed by atoms with Crippen molar-refractivity contribution >= 4 is 27.8 Å². The number of nitrogens with one attached hydrogen (secondary N) is 1. The van der Waals surface area contributed by atoms with E-state index in [1.165, 1.54) is 11.3 Å². The molecule has 0 amide bonds. The molecule has 3 aromatic rings. The third-order valence-corrected chi connectivity index (χ3v) is 3.53. The second-order valence-corrected chi connectivity index (χ2v) is 4.47. The number of hydrogen-bond donors (Lipinski definition) is 1. The molecule has 0 spiro atoms. The maximum atomic E-state index is 11.0. The van der Waals surface area contributed by atoms with Crippen molar-refractivity contribution in [3.05, 3.63) is 41.5 Å². The minimum absolute atomic E-state index is 0.723. The zero-order valence-corrected chi connectivity index (χ0v) is 9.12. The fourth-order valence-electron chi connectivity index (χ4n) is 1.78. The maximum absolute atomic E-state index is 11.0. The topological polar surface area (TPSA) is 45.8 Å². The number of pyridine rings is 1. The Morgan fingerprint density at radius 2 is 2.25 bits per heavy atom. The average molecular weight is 228 g/mol. The van der Waals surface area contributed by atoms with Crippen molar-refractivity contribution in [3.63, 3.8) is 0 Å². The van der Waals surface area contributed by atoms with Gasteiger partial charge in [0.05, 0.1) is 20.8 Å². The molecule has 0 saturated carbocycles. The molecular weight excluding hydrogens is 220 g/mol. The molecule has 0 saturated heterocycles. The second-order valence-electron chi connectivity index (χ2n) is 3.39. The minimum Gasteiger partial charge on any atom is -0.360 e. The SMILES string of the molecule is O=Cc1sc2cc[nH]c2c1-c1ccccn1. The number of rotatable bonds is 2. The van der Waals surface area contributed by atoms with Gasteiger partial charge in [-0.25, -0.2) is 0 Å². The van der Waals surface area contributed by atoms with Gasteiger partial charge in [-0.15, -0.1) is 11.3 Å². The van der Waals surface area contributed by atoms with Crippen molar-refractivity contribution < 1.29 is 4.79 Å². The fourth-order valence-corrected chi connectivity index (χ4v) is 2.77. The van der Waals surface area contributed by atoms with E-state index in [9.17, 15) is 4.79 Å². The highest BCUT2D eigenvalue weighted by molar-refractivity contribution is 7.21. The minimum atomic E-state index is 0.723. The summed E-state index contributed by atoms with van der Waals surface area (Å²) >= 11 is 1.49. The summed E-state index contributed by atoms with van der Waals surface area (Å²) < 4.78 is 1.09. The summed E-state index contributed by atoms with van der Waals surface area (Å²) in [5.41, 5.74) is 2.73. The highest BCUT2D eigenvalue weighted by atomic mass is 32.1. The van der Waals surface area contributed by atoms with Crippen LogP contribution in [-0.2, 0) is 0 Å². The number of aldehydes is 1. The molecule has 0 radical (unpaired) electrons. The normalized spacial score (nSPS) is 10.8. The lowest BCUT2D eigenvalue weighted by Crippen LogP contribution is -1.85. The predicted octanol–water partition coefficient (Wildman–Crippen LogP) is 3.10. The van der Waals surface area contributed by atoms with E-state index in [1.54, 1.807) is 6.20 Å². The standard InChI is InChI=1S/C12H8N2OS/c15-7-10-11(8-3-1-2-5-13-8)12-9(16-10)4-6-14-12/h1-7,14H. The average Bonchev–Trinajstić information content (AvgIpc) is 2.89. The van der Waals surface area contributed by atoms with Crippen LogP contribution in [0.4, 0.5) is 0 Å². The Bertz CT molecular complexity index is 639. The Kier molecular flexibility index (Phi) is 2.08. The molecule has 1 N–H and O–H groups in total. The van der Waals surface area contributed by atoms with E-state index in [4.69, 9.17) is 0 Å². The monoisotopic (exact) mass is 228 g/mol. The van der Waals surface area contributed by atoms with Crippen molar-refractivity contribution in [2.75, 3.05) is 0 Å². The van der Waals surface area contributed by atoms with E-state index >= 15 is 0 Å². The first-order chi connectivity index (χ1) is 7.90. The fraction of sp³-hybridized carbons (Fsp3) is 0. The van der Waals surface area contributed by atoms with Crippen molar-refractivity contribution in [2.45, 2.75) is 0 Å². The van der Waals surface area contributed by atoms with Gasteiger partial charge in [0.1, 0.15) is 0 Å². The van der Waals surface area contributed by atoms with E-state index in [-0.39, 0.29) is 0 Å². The van der Waals surface area contributed by atoms with Crippen LogP contribution in [0, 0.1) is 0 Å². The zero-order chi connectivity index (χ0) is 11.0. The van der Waals surface area contributed by atoms with Gasteiger partial charge in [-0.1, -0.05) is 6.07 Å². The smallest absolute Gasteiger partial charge is 0.160 e. The Morgan fingerprint density at radius 3 is 3.00 bits per heavy atom. The third-order valence-electron chi connectivity index (χ3n) is 2.45. The number of nitrogens with zero attached hydrogens (tertiary/aromatic N) is 1. The molecule has 0 aliphatic carbocycles. The summed E-state index contributed by atoms with van der Waals surface area (Å²) in [6.07, 6.45) is 4.50. The third kappa shape index (κ3) is 1.27.